The zero-order valence-corrected chi connectivity index (χ0v) is 18.6. The molecule has 6 heteroatoms. The zero-order chi connectivity index (χ0) is 22.0. The van der Waals surface area contributed by atoms with Crippen LogP contribution in [0.1, 0.15) is 41.6 Å². The number of carbonyl (C=O) groups excluding carboxylic acids is 1. The van der Waals surface area contributed by atoms with E-state index in [1.807, 2.05) is 6.07 Å². The van der Waals surface area contributed by atoms with E-state index >= 15 is 0 Å². The van der Waals surface area contributed by atoms with E-state index in [1.165, 1.54) is 11.6 Å². The van der Waals surface area contributed by atoms with E-state index in [2.05, 4.69) is 53.9 Å². The van der Waals surface area contributed by atoms with Crippen molar-refractivity contribution >= 4 is 11.6 Å². The van der Waals surface area contributed by atoms with Crippen LogP contribution in [0.4, 0.5) is 4.39 Å². The summed E-state index contributed by atoms with van der Waals surface area (Å²) in [6.07, 6.45) is 0.514. The summed E-state index contributed by atoms with van der Waals surface area (Å²) in [6.45, 7) is 11.4. The molecular weight excluding hydrogens is 391 g/mol. The van der Waals surface area contributed by atoms with Gasteiger partial charge in [-0.05, 0) is 37.6 Å². The minimum atomic E-state index is -0.300. The van der Waals surface area contributed by atoms with E-state index < -0.39 is 0 Å². The van der Waals surface area contributed by atoms with Gasteiger partial charge in [-0.2, -0.15) is 5.10 Å². The van der Waals surface area contributed by atoms with Crippen LogP contribution in [0.5, 0.6) is 0 Å². The first kappa shape index (κ1) is 21.7. The minimum Gasteiger partial charge on any atom is -0.301 e. The van der Waals surface area contributed by atoms with Gasteiger partial charge in [0.2, 0.25) is 0 Å². The van der Waals surface area contributed by atoms with Crippen molar-refractivity contribution in [2.75, 3.05) is 39.3 Å². The quantitative estimate of drug-likeness (QED) is 0.737. The van der Waals surface area contributed by atoms with Gasteiger partial charge in [0, 0.05) is 38.2 Å². The summed E-state index contributed by atoms with van der Waals surface area (Å²) in [5, 5.41) is 6.26. The largest absolute Gasteiger partial charge is 0.301 e. The Hall–Kier alpha value is -2.57. The van der Waals surface area contributed by atoms with Crippen LogP contribution in [0.25, 0.3) is 0 Å². The fraction of sp³-hybridized carbons (Fsp3) is 0.440. The predicted octanol–water partition coefficient (Wildman–Crippen LogP) is 3.76. The molecule has 0 radical (unpaired) electrons. The van der Waals surface area contributed by atoms with Crippen LogP contribution >= 0.6 is 0 Å². The number of carbonyl (C=O) groups is 1. The van der Waals surface area contributed by atoms with Crippen molar-refractivity contribution in [3.8, 4) is 0 Å². The molecule has 1 unspecified atom stereocenters. The van der Waals surface area contributed by atoms with Crippen LogP contribution in [0.3, 0.4) is 0 Å². The number of likely N-dealkylation sites (N-methyl/N-ethyl adjacent to an activating group) is 1. The second kappa shape index (κ2) is 9.28. The van der Waals surface area contributed by atoms with Gasteiger partial charge in [0.25, 0.3) is 5.91 Å². The van der Waals surface area contributed by atoms with Gasteiger partial charge in [-0.15, -0.1) is 0 Å². The van der Waals surface area contributed by atoms with Crippen LogP contribution < -0.4 is 0 Å². The highest BCUT2D eigenvalue weighted by Gasteiger charge is 2.35. The molecule has 31 heavy (non-hydrogen) atoms. The molecule has 0 spiro atoms. The number of hydrogen-bond acceptors (Lipinski definition) is 4. The second-order valence-corrected chi connectivity index (χ2v) is 8.56. The summed E-state index contributed by atoms with van der Waals surface area (Å²) in [4.78, 5) is 17.9. The summed E-state index contributed by atoms with van der Waals surface area (Å²) in [6, 6.07) is 12.7. The maximum atomic E-state index is 14.5. The summed E-state index contributed by atoms with van der Waals surface area (Å²) in [7, 11) is 0. The molecule has 1 atom stereocenters. The molecule has 1 saturated heterocycles. The lowest BCUT2D eigenvalue weighted by atomic mass is 9.94. The van der Waals surface area contributed by atoms with Gasteiger partial charge in [0.05, 0.1) is 18.3 Å². The maximum Gasteiger partial charge on any atom is 0.257 e. The first-order valence-corrected chi connectivity index (χ1v) is 11.1. The Balaban J connectivity index is 1.60. The molecule has 0 saturated carbocycles. The first-order valence-electron chi connectivity index (χ1n) is 11.1. The Morgan fingerprint density at radius 2 is 1.77 bits per heavy atom. The van der Waals surface area contributed by atoms with Gasteiger partial charge in [0.1, 0.15) is 5.82 Å². The van der Waals surface area contributed by atoms with Gasteiger partial charge in [-0.3, -0.25) is 9.69 Å². The third-order valence-electron chi connectivity index (χ3n) is 6.41. The van der Waals surface area contributed by atoms with E-state index in [-0.39, 0.29) is 17.8 Å². The van der Waals surface area contributed by atoms with E-state index in [9.17, 15) is 9.18 Å². The molecule has 2 aliphatic heterocycles. The van der Waals surface area contributed by atoms with Crippen LogP contribution in [0, 0.1) is 19.7 Å². The molecule has 2 aromatic carbocycles. The smallest absolute Gasteiger partial charge is 0.257 e. The third kappa shape index (κ3) is 4.70. The normalized spacial score (nSPS) is 20.2. The third-order valence-corrected chi connectivity index (χ3v) is 6.41. The lowest BCUT2D eigenvalue weighted by Crippen LogP contribution is -2.49. The average Bonchev–Trinajstić information content (AvgIpc) is 3.19. The second-order valence-electron chi connectivity index (χ2n) is 8.56. The van der Waals surface area contributed by atoms with Crippen molar-refractivity contribution in [1.82, 2.24) is 14.8 Å². The van der Waals surface area contributed by atoms with E-state index in [4.69, 9.17) is 0 Å². The van der Waals surface area contributed by atoms with E-state index in [1.54, 1.807) is 17.1 Å². The molecule has 164 valence electrons. The molecule has 1 fully saturated rings. The Bertz CT molecular complexity index is 981. The van der Waals surface area contributed by atoms with Crippen molar-refractivity contribution < 1.29 is 9.18 Å². The SMILES string of the molecule is CCN1CCN(CC(=O)N2N=C(c3ccccc3F)CC2c2ccc(C)cc2C)CC1. The summed E-state index contributed by atoms with van der Waals surface area (Å²) < 4.78 is 14.5. The molecule has 2 heterocycles. The Labute approximate surface area is 184 Å². The van der Waals surface area contributed by atoms with Crippen LogP contribution in [-0.4, -0.2) is 65.7 Å². The summed E-state index contributed by atoms with van der Waals surface area (Å²) in [5.41, 5.74) is 4.49. The number of halogens is 1. The molecule has 1 amide bonds. The molecule has 0 aliphatic carbocycles. The number of rotatable bonds is 5. The van der Waals surface area contributed by atoms with Crippen molar-refractivity contribution in [3.63, 3.8) is 0 Å². The van der Waals surface area contributed by atoms with E-state index in [0.29, 0.717) is 24.2 Å². The van der Waals surface area contributed by atoms with E-state index in [0.717, 1.165) is 43.9 Å². The van der Waals surface area contributed by atoms with Crippen molar-refractivity contribution in [2.24, 2.45) is 5.10 Å². The number of piperazine rings is 1. The summed E-state index contributed by atoms with van der Waals surface area (Å²) in [5.74, 6) is -0.327. The van der Waals surface area contributed by atoms with Gasteiger partial charge >= 0.3 is 0 Å². The number of hydrogen-bond donors (Lipinski definition) is 0. The molecule has 4 rings (SSSR count). The Morgan fingerprint density at radius 3 is 2.45 bits per heavy atom. The van der Waals surface area contributed by atoms with Crippen molar-refractivity contribution in [1.29, 1.82) is 0 Å². The topological polar surface area (TPSA) is 39.1 Å². The summed E-state index contributed by atoms with van der Waals surface area (Å²) >= 11 is 0. The number of benzene rings is 2. The Morgan fingerprint density at radius 1 is 1.06 bits per heavy atom. The lowest BCUT2D eigenvalue weighted by Gasteiger charge is -2.34. The molecular formula is C25H31FN4O. The predicted molar refractivity (Wildman–Crippen MR) is 122 cm³/mol. The fourth-order valence-corrected chi connectivity index (χ4v) is 4.57. The number of amides is 1. The minimum absolute atomic E-state index is 0.0266. The Kier molecular flexibility index (Phi) is 6.49. The van der Waals surface area contributed by atoms with Gasteiger partial charge in [-0.1, -0.05) is 48.9 Å². The van der Waals surface area contributed by atoms with Crippen molar-refractivity contribution in [2.45, 2.75) is 33.2 Å². The maximum absolute atomic E-state index is 14.5. The van der Waals surface area contributed by atoms with Gasteiger partial charge in [0.15, 0.2) is 0 Å². The fourth-order valence-electron chi connectivity index (χ4n) is 4.57. The number of aryl methyl sites for hydroxylation is 2. The number of nitrogens with zero attached hydrogens (tertiary/aromatic N) is 4. The van der Waals surface area contributed by atoms with Crippen LogP contribution in [0.15, 0.2) is 47.6 Å². The molecule has 0 bridgehead atoms. The standard InChI is InChI=1S/C25H31FN4O/c1-4-28-11-13-29(14-12-28)17-25(31)30-24(20-10-9-18(2)15-19(20)3)16-23(27-30)21-7-5-6-8-22(21)26/h5-10,15,24H,4,11-14,16-17H2,1-3H3. The molecule has 5 nitrogen and oxygen atoms in total. The molecule has 0 aromatic heterocycles. The molecule has 0 N–H and O–H groups in total. The molecule has 2 aliphatic rings. The average molecular weight is 423 g/mol. The first-order chi connectivity index (χ1) is 15.0. The monoisotopic (exact) mass is 422 g/mol. The zero-order valence-electron chi connectivity index (χ0n) is 18.6. The molecule has 2 aromatic rings. The van der Waals surface area contributed by atoms with Gasteiger partial charge in [-0.25, -0.2) is 9.40 Å². The number of hydrazone groups is 1. The lowest BCUT2D eigenvalue weighted by molar-refractivity contribution is -0.134. The van der Waals surface area contributed by atoms with Gasteiger partial charge < -0.3 is 4.90 Å². The van der Waals surface area contributed by atoms with Crippen molar-refractivity contribution in [3.05, 3.63) is 70.5 Å². The highest BCUT2D eigenvalue weighted by molar-refractivity contribution is 6.03. The van der Waals surface area contributed by atoms with Crippen LogP contribution in [-0.2, 0) is 4.79 Å². The highest BCUT2D eigenvalue weighted by Crippen LogP contribution is 2.35. The van der Waals surface area contributed by atoms with Crippen LogP contribution in [0.2, 0.25) is 0 Å². The highest BCUT2D eigenvalue weighted by atomic mass is 19.1.